The molecule has 0 spiro atoms. The number of nitrogens with zero attached hydrogens (tertiary/aromatic N) is 2. The summed E-state index contributed by atoms with van der Waals surface area (Å²) in [5.41, 5.74) is 6.36. The number of anilines is 2. The predicted octanol–water partition coefficient (Wildman–Crippen LogP) is 2.52. The predicted molar refractivity (Wildman–Crippen MR) is 69.5 cm³/mol. The number of ether oxygens (including phenoxy) is 1. The van der Waals surface area contributed by atoms with Crippen LogP contribution in [0.25, 0.3) is 0 Å². The number of pyridine rings is 1. The second-order valence-corrected chi connectivity index (χ2v) is 3.89. The van der Waals surface area contributed by atoms with Crippen LogP contribution in [0.5, 0.6) is 11.5 Å². The molecule has 0 bridgehead atoms. The van der Waals surface area contributed by atoms with Crippen LogP contribution in [0, 0.1) is 0 Å². The molecule has 0 unspecified atom stereocenters. The lowest BCUT2D eigenvalue weighted by Crippen LogP contribution is -2.10. The van der Waals surface area contributed by atoms with Crippen LogP contribution in [0.15, 0.2) is 42.6 Å². The monoisotopic (exact) mass is 229 g/mol. The second-order valence-electron chi connectivity index (χ2n) is 3.89. The van der Waals surface area contributed by atoms with Gasteiger partial charge in [-0.25, -0.2) is 4.98 Å². The molecule has 0 aliphatic heterocycles. The zero-order valence-corrected chi connectivity index (χ0v) is 9.92. The average molecular weight is 229 g/mol. The number of hydrogen-bond donors (Lipinski definition) is 1. The van der Waals surface area contributed by atoms with E-state index in [0.717, 1.165) is 11.6 Å². The summed E-state index contributed by atoms with van der Waals surface area (Å²) < 4.78 is 5.71. The quantitative estimate of drug-likeness (QED) is 0.878. The van der Waals surface area contributed by atoms with Crippen molar-refractivity contribution in [2.24, 2.45) is 0 Å². The Hall–Kier alpha value is -2.23. The summed E-state index contributed by atoms with van der Waals surface area (Å²) in [5, 5.41) is 0. The van der Waals surface area contributed by atoms with Crippen molar-refractivity contribution < 1.29 is 4.74 Å². The van der Waals surface area contributed by atoms with E-state index in [-0.39, 0.29) is 0 Å². The van der Waals surface area contributed by atoms with Gasteiger partial charge in [-0.2, -0.15) is 0 Å². The third-order valence-corrected chi connectivity index (χ3v) is 2.31. The number of nitrogen functional groups attached to an aromatic ring is 1. The number of rotatable bonds is 3. The van der Waals surface area contributed by atoms with Gasteiger partial charge in [-0.15, -0.1) is 0 Å². The van der Waals surface area contributed by atoms with Gasteiger partial charge in [-0.3, -0.25) is 0 Å². The van der Waals surface area contributed by atoms with Gasteiger partial charge in [0.05, 0.1) is 11.9 Å². The van der Waals surface area contributed by atoms with Gasteiger partial charge in [0.1, 0.15) is 11.6 Å². The van der Waals surface area contributed by atoms with E-state index in [9.17, 15) is 0 Å². The Morgan fingerprint density at radius 2 is 1.88 bits per heavy atom. The molecule has 0 atom stereocenters. The van der Waals surface area contributed by atoms with Crippen LogP contribution in [-0.2, 0) is 0 Å². The van der Waals surface area contributed by atoms with Crippen molar-refractivity contribution in [1.82, 2.24) is 4.98 Å². The smallest absolute Gasteiger partial charge is 0.155 e. The minimum atomic E-state index is 0.527. The van der Waals surface area contributed by atoms with Crippen molar-refractivity contribution in [3.05, 3.63) is 42.6 Å². The van der Waals surface area contributed by atoms with Gasteiger partial charge in [-0.05, 0) is 12.1 Å². The van der Waals surface area contributed by atoms with Gasteiger partial charge in [0.15, 0.2) is 5.75 Å². The zero-order valence-electron chi connectivity index (χ0n) is 9.92. The molecule has 0 radical (unpaired) electrons. The van der Waals surface area contributed by atoms with Gasteiger partial charge in [0, 0.05) is 20.2 Å². The van der Waals surface area contributed by atoms with Gasteiger partial charge in [0.2, 0.25) is 0 Å². The summed E-state index contributed by atoms with van der Waals surface area (Å²) in [5.74, 6) is 2.19. The van der Waals surface area contributed by atoms with Gasteiger partial charge in [-0.1, -0.05) is 18.2 Å². The van der Waals surface area contributed by atoms with E-state index in [4.69, 9.17) is 10.5 Å². The normalized spacial score (nSPS) is 10.0. The summed E-state index contributed by atoms with van der Waals surface area (Å²) >= 11 is 0. The Morgan fingerprint density at radius 1 is 1.18 bits per heavy atom. The zero-order chi connectivity index (χ0) is 12.3. The second kappa shape index (κ2) is 4.74. The molecule has 4 nitrogen and oxygen atoms in total. The van der Waals surface area contributed by atoms with Crippen LogP contribution in [-0.4, -0.2) is 19.1 Å². The van der Waals surface area contributed by atoms with Crippen LogP contribution in [0.4, 0.5) is 11.5 Å². The first-order valence-corrected chi connectivity index (χ1v) is 5.32. The topological polar surface area (TPSA) is 51.4 Å². The summed E-state index contributed by atoms with van der Waals surface area (Å²) in [7, 11) is 3.84. The van der Waals surface area contributed by atoms with Crippen molar-refractivity contribution in [3.8, 4) is 11.5 Å². The highest BCUT2D eigenvalue weighted by Crippen LogP contribution is 2.29. The number of benzene rings is 1. The molecule has 1 aromatic carbocycles. The fourth-order valence-electron chi connectivity index (χ4n) is 1.39. The maximum atomic E-state index is 5.83. The minimum Gasteiger partial charge on any atom is -0.455 e. The van der Waals surface area contributed by atoms with E-state index in [2.05, 4.69) is 4.98 Å². The van der Waals surface area contributed by atoms with Gasteiger partial charge >= 0.3 is 0 Å². The molecule has 88 valence electrons. The van der Waals surface area contributed by atoms with Crippen LogP contribution in [0.2, 0.25) is 0 Å². The number of para-hydroxylation sites is 1. The Morgan fingerprint density at radius 3 is 2.53 bits per heavy atom. The molecule has 0 fully saturated rings. The molecule has 0 aliphatic carbocycles. The first-order chi connectivity index (χ1) is 8.16. The summed E-state index contributed by atoms with van der Waals surface area (Å²) in [4.78, 5) is 6.10. The molecule has 0 saturated heterocycles. The van der Waals surface area contributed by atoms with Crippen LogP contribution < -0.4 is 15.4 Å². The van der Waals surface area contributed by atoms with E-state index in [1.54, 1.807) is 6.20 Å². The van der Waals surface area contributed by atoms with Crippen molar-refractivity contribution >= 4 is 11.5 Å². The van der Waals surface area contributed by atoms with Crippen molar-refractivity contribution in [2.45, 2.75) is 0 Å². The lowest BCUT2D eigenvalue weighted by Gasteiger charge is -2.14. The van der Waals surface area contributed by atoms with Crippen LogP contribution >= 0.6 is 0 Å². The van der Waals surface area contributed by atoms with Crippen LogP contribution in [0.3, 0.4) is 0 Å². The fourth-order valence-corrected chi connectivity index (χ4v) is 1.39. The van der Waals surface area contributed by atoms with E-state index in [1.807, 2.05) is 55.4 Å². The van der Waals surface area contributed by atoms with E-state index >= 15 is 0 Å². The third kappa shape index (κ3) is 2.66. The highest BCUT2D eigenvalue weighted by molar-refractivity contribution is 5.58. The van der Waals surface area contributed by atoms with Crippen molar-refractivity contribution in [3.63, 3.8) is 0 Å². The molecule has 2 aromatic rings. The molecule has 0 amide bonds. The molecule has 17 heavy (non-hydrogen) atoms. The molecule has 1 aromatic heterocycles. The van der Waals surface area contributed by atoms with Gasteiger partial charge < -0.3 is 15.4 Å². The maximum Gasteiger partial charge on any atom is 0.155 e. The minimum absolute atomic E-state index is 0.527. The molecule has 2 N–H and O–H groups in total. The first kappa shape index (κ1) is 11.3. The average Bonchev–Trinajstić information content (AvgIpc) is 2.33. The lowest BCUT2D eigenvalue weighted by atomic mass is 10.3. The highest BCUT2D eigenvalue weighted by Gasteiger charge is 2.06. The Labute approximate surface area is 101 Å². The maximum absolute atomic E-state index is 5.83. The van der Waals surface area contributed by atoms with Crippen LogP contribution in [0.1, 0.15) is 0 Å². The molecular weight excluding hydrogens is 214 g/mol. The SMILES string of the molecule is CN(C)c1cc(Oc2ccccc2)c(N)cn1. The summed E-state index contributed by atoms with van der Waals surface area (Å²) in [6, 6.07) is 11.4. The van der Waals surface area contributed by atoms with Crippen molar-refractivity contribution in [1.29, 1.82) is 0 Å². The fraction of sp³-hybridized carbons (Fsp3) is 0.154. The van der Waals surface area contributed by atoms with Gasteiger partial charge in [0.25, 0.3) is 0 Å². The first-order valence-electron chi connectivity index (χ1n) is 5.32. The number of hydrogen-bond acceptors (Lipinski definition) is 4. The molecular formula is C13H15N3O. The highest BCUT2D eigenvalue weighted by atomic mass is 16.5. The molecule has 1 heterocycles. The largest absolute Gasteiger partial charge is 0.455 e. The number of nitrogens with two attached hydrogens (primary N) is 1. The van der Waals surface area contributed by atoms with Crippen molar-refractivity contribution in [2.75, 3.05) is 24.7 Å². The number of aromatic nitrogens is 1. The molecule has 0 saturated carbocycles. The standard InChI is InChI=1S/C13H15N3O/c1-16(2)13-8-12(11(14)9-15-13)17-10-6-4-3-5-7-10/h3-9H,14H2,1-2H3. The van der Waals surface area contributed by atoms with E-state index < -0.39 is 0 Å². The summed E-state index contributed by atoms with van der Waals surface area (Å²) in [6.07, 6.45) is 1.60. The third-order valence-electron chi connectivity index (χ3n) is 2.31. The Balaban J connectivity index is 2.29. The Bertz CT molecular complexity index is 497. The summed E-state index contributed by atoms with van der Waals surface area (Å²) in [6.45, 7) is 0. The molecule has 4 heteroatoms. The van der Waals surface area contributed by atoms with E-state index in [1.165, 1.54) is 0 Å². The molecule has 0 aliphatic rings. The lowest BCUT2D eigenvalue weighted by molar-refractivity contribution is 0.484. The molecule has 2 rings (SSSR count). The van der Waals surface area contributed by atoms with E-state index in [0.29, 0.717) is 11.4 Å². The Kier molecular flexibility index (Phi) is 3.14.